The summed E-state index contributed by atoms with van der Waals surface area (Å²) < 4.78 is 5.26. The summed E-state index contributed by atoms with van der Waals surface area (Å²) in [6.07, 6.45) is 6.03. The molecular formula is C12H22O3. The first kappa shape index (κ1) is 12.5. The molecule has 1 heterocycles. The van der Waals surface area contributed by atoms with E-state index >= 15 is 0 Å². The van der Waals surface area contributed by atoms with Crippen LogP contribution in [0, 0.1) is 11.8 Å². The van der Waals surface area contributed by atoms with E-state index in [-0.39, 0.29) is 5.92 Å². The minimum Gasteiger partial charge on any atom is -0.481 e. The van der Waals surface area contributed by atoms with E-state index in [9.17, 15) is 9.90 Å². The predicted octanol–water partition coefficient (Wildman–Crippen LogP) is 2.69. The number of carboxylic acids is 1. The molecule has 1 fully saturated rings. The highest BCUT2D eigenvalue weighted by molar-refractivity contribution is 5.70. The average Bonchev–Trinajstić information content (AvgIpc) is 2.25. The van der Waals surface area contributed by atoms with Gasteiger partial charge in [-0.1, -0.05) is 26.2 Å². The molecule has 0 aliphatic carbocycles. The number of carbonyl (C=O) groups is 1. The first-order valence-electron chi connectivity index (χ1n) is 6.06. The maximum atomic E-state index is 11.2. The Labute approximate surface area is 91.8 Å². The molecule has 0 amide bonds. The Kier molecular flexibility index (Phi) is 5.69. The van der Waals surface area contributed by atoms with Crippen LogP contribution in [0.25, 0.3) is 0 Å². The van der Waals surface area contributed by atoms with Gasteiger partial charge in [-0.25, -0.2) is 0 Å². The summed E-state index contributed by atoms with van der Waals surface area (Å²) in [5.74, 6) is -0.411. The number of unbranched alkanes of at least 4 members (excludes halogenated alkanes) is 2. The number of ether oxygens (including phenoxy) is 1. The number of rotatable bonds is 6. The van der Waals surface area contributed by atoms with E-state index in [0.29, 0.717) is 5.92 Å². The van der Waals surface area contributed by atoms with Gasteiger partial charge >= 0.3 is 5.97 Å². The van der Waals surface area contributed by atoms with Crippen LogP contribution in [0.5, 0.6) is 0 Å². The SMILES string of the molecule is CCCCCC(C(=O)O)C1CCOCC1. The fourth-order valence-electron chi connectivity index (χ4n) is 2.29. The second kappa shape index (κ2) is 6.83. The van der Waals surface area contributed by atoms with Crippen LogP contribution in [-0.2, 0) is 9.53 Å². The minimum atomic E-state index is -0.613. The molecule has 0 spiro atoms. The van der Waals surface area contributed by atoms with Gasteiger partial charge in [0.1, 0.15) is 0 Å². The monoisotopic (exact) mass is 214 g/mol. The molecule has 1 aliphatic rings. The molecule has 1 atom stereocenters. The lowest BCUT2D eigenvalue weighted by molar-refractivity contribution is -0.145. The van der Waals surface area contributed by atoms with Crippen molar-refractivity contribution in [2.24, 2.45) is 11.8 Å². The van der Waals surface area contributed by atoms with Crippen molar-refractivity contribution < 1.29 is 14.6 Å². The lowest BCUT2D eigenvalue weighted by atomic mass is 9.83. The molecule has 0 saturated carbocycles. The molecule has 1 unspecified atom stereocenters. The summed E-state index contributed by atoms with van der Waals surface area (Å²) in [5, 5.41) is 9.18. The van der Waals surface area contributed by atoms with Crippen LogP contribution in [0.15, 0.2) is 0 Å². The molecule has 3 heteroatoms. The van der Waals surface area contributed by atoms with E-state index < -0.39 is 5.97 Å². The van der Waals surface area contributed by atoms with Crippen molar-refractivity contribution in [3.63, 3.8) is 0 Å². The predicted molar refractivity (Wildman–Crippen MR) is 58.8 cm³/mol. The molecule has 1 aliphatic heterocycles. The molecule has 0 radical (unpaired) electrons. The fraction of sp³-hybridized carbons (Fsp3) is 0.917. The Morgan fingerprint density at radius 3 is 2.60 bits per heavy atom. The zero-order chi connectivity index (χ0) is 11.1. The van der Waals surface area contributed by atoms with Gasteiger partial charge in [0.15, 0.2) is 0 Å². The van der Waals surface area contributed by atoms with Gasteiger partial charge in [0, 0.05) is 13.2 Å². The van der Waals surface area contributed by atoms with Crippen molar-refractivity contribution in [1.29, 1.82) is 0 Å². The maximum Gasteiger partial charge on any atom is 0.306 e. The average molecular weight is 214 g/mol. The van der Waals surface area contributed by atoms with Crippen LogP contribution in [-0.4, -0.2) is 24.3 Å². The molecule has 1 rings (SSSR count). The third-order valence-corrected chi connectivity index (χ3v) is 3.27. The van der Waals surface area contributed by atoms with Gasteiger partial charge in [0.25, 0.3) is 0 Å². The summed E-state index contributed by atoms with van der Waals surface area (Å²) in [6, 6.07) is 0. The van der Waals surface area contributed by atoms with Crippen LogP contribution >= 0.6 is 0 Å². The van der Waals surface area contributed by atoms with Crippen molar-refractivity contribution >= 4 is 5.97 Å². The Morgan fingerprint density at radius 1 is 1.40 bits per heavy atom. The molecular weight excluding hydrogens is 192 g/mol. The van der Waals surface area contributed by atoms with E-state index in [1.54, 1.807) is 0 Å². The second-order valence-corrected chi connectivity index (χ2v) is 4.39. The normalized spacial score (nSPS) is 20.1. The van der Waals surface area contributed by atoms with Crippen LogP contribution in [0.1, 0.15) is 45.4 Å². The lowest BCUT2D eigenvalue weighted by Gasteiger charge is -2.27. The molecule has 3 nitrogen and oxygen atoms in total. The van der Waals surface area contributed by atoms with Crippen LogP contribution in [0.2, 0.25) is 0 Å². The number of hydrogen-bond acceptors (Lipinski definition) is 2. The standard InChI is InChI=1S/C12H22O3/c1-2-3-4-5-11(12(13)14)10-6-8-15-9-7-10/h10-11H,2-9H2,1H3,(H,13,14). The van der Waals surface area contributed by atoms with Crippen molar-refractivity contribution in [3.05, 3.63) is 0 Å². The van der Waals surface area contributed by atoms with Gasteiger partial charge in [0.05, 0.1) is 5.92 Å². The van der Waals surface area contributed by atoms with Crippen molar-refractivity contribution in [3.8, 4) is 0 Å². The van der Waals surface area contributed by atoms with Gasteiger partial charge in [-0.05, 0) is 25.2 Å². The van der Waals surface area contributed by atoms with Gasteiger partial charge in [-0.3, -0.25) is 4.79 Å². The number of aliphatic carboxylic acids is 1. The van der Waals surface area contributed by atoms with Crippen LogP contribution < -0.4 is 0 Å². The van der Waals surface area contributed by atoms with Crippen molar-refractivity contribution in [1.82, 2.24) is 0 Å². The van der Waals surface area contributed by atoms with Gasteiger partial charge < -0.3 is 9.84 Å². The van der Waals surface area contributed by atoms with Gasteiger partial charge in [-0.2, -0.15) is 0 Å². The first-order chi connectivity index (χ1) is 7.25. The summed E-state index contributed by atoms with van der Waals surface area (Å²) in [5.41, 5.74) is 0. The van der Waals surface area contributed by atoms with Crippen LogP contribution in [0.3, 0.4) is 0 Å². The molecule has 0 aromatic rings. The summed E-state index contributed by atoms with van der Waals surface area (Å²) in [4.78, 5) is 11.2. The number of carboxylic acid groups (broad SMARTS) is 1. The lowest BCUT2D eigenvalue weighted by Crippen LogP contribution is -2.29. The molecule has 88 valence electrons. The van der Waals surface area contributed by atoms with Gasteiger partial charge in [0.2, 0.25) is 0 Å². The van der Waals surface area contributed by atoms with Crippen molar-refractivity contribution in [2.45, 2.75) is 45.4 Å². The highest BCUT2D eigenvalue weighted by Crippen LogP contribution is 2.28. The third kappa shape index (κ3) is 4.20. The topological polar surface area (TPSA) is 46.5 Å². The third-order valence-electron chi connectivity index (χ3n) is 3.27. The smallest absolute Gasteiger partial charge is 0.306 e. The zero-order valence-corrected chi connectivity index (χ0v) is 9.58. The Morgan fingerprint density at radius 2 is 2.07 bits per heavy atom. The Bertz CT molecular complexity index is 185. The summed E-state index contributed by atoms with van der Waals surface area (Å²) >= 11 is 0. The Balaban J connectivity index is 2.37. The van der Waals surface area contributed by atoms with E-state index in [2.05, 4.69) is 6.92 Å². The molecule has 0 aromatic heterocycles. The van der Waals surface area contributed by atoms with E-state index in [0.717, 1.165) is 51.7 Å². The largest absolute Gasteiger partial charge is 0.481 e. The zero-order valence-electron chi connectivity index (χ0n) is 9.58. The Hall–Kier alpha value is -0.570. The molecule has 1 saturated heterocycles. The van der Waals surface area contributed by atoms with E-state index in [1.165, 1.54) is 0 Å². The quantitative estimate of drug-likeness (QED) is 0.691. The second-order valence-electron chi connectivity index (χ2n) is 4.39. The number of hydrogen-bond donors (Lipinski definition) is 1. The first-order valence-corrected chi connectivity index (χ1v) is 6.06. The van der Waals surface area contributed by atoms with Crippen molar-refractivity contribution in [2.75, 3.05) is 13.2 Å². The fourth-order valence-corrected chi connectivity index (χ4v) is 2.29. The molecule has 1 N–H and O–H groups in total. The maximum absolute atomic E-state index is 11.2. The van der Waals surface area contributed by atoms with Gasteiger partial charge in [-0.15, -0.1) is 0 Å². The highest BCUT2D eigenvalue weighted by Gasteiger charge is 2.28. The van der Waals surface area contributed by atoms with E-state index in [4.69, 9.17) is 4.74 Å². The molecule has 0 bridgehead atoms. The minimum absolute atomic E-state index is 0.138. The highest BCUT2D eigenvalue weighted by atomic mass is 16.5. The van der Waals surface area contributed by atoms with E-state index in [1.807, 2.05) is 0 Å². The molecule has 0 aromatic carbocycles. The van der Waals surface area contributed by atoms with Crippen LogP contribution in [0.4, 0.5) is 0 Å². The summed E-state index contributed by atoms with van der Waals surface area (Å²) in [7, 11) is 0. The molecule has 15 heavy (non-hydrogen) atoms. The summed E-state index contributed by atoms with van der Waals surface area (Å²) in [6.45, 7) is 3.62.